The van der Waals surface area contributed by atoms with Crippen molar-refractivity contribution in [2.24, 2.45) is 0 Å². The second-order valence-electron chi connectivity index (χ2n) is 12.7. The van der Waals surface area contributed by atoms with Crippen LogP contribution >= 0.6 is 73.9 Å². The van der Waals surface area contributed by atoms with E-state index in [1.54, 1.807) is 24.3 Å². The highest BCUT2D eigenvalue weighted by Crippen LogP contribution is 2.22. The number of rotatable bonds is 8. The minimum absolute atomic E-state index is 0.0130. The molecule has 9 nitrogen and oxygen atoms in total. The zero-order chi connectivity index (χ0) is 45.5. The molecule has 0 saturated carbocycles. The fraction of sp³-hybridized carbons (Fsp3) is 0.244. The maximum Gasteiger partial charge on any atom is 0.339 e. The number of aliphatic hydroxyl groups is 1. The lowest BCUT2D eigenvalue weighted by Crippen LogP contribution is -2.01. The van der Waals surface area contributed by atoms with Gasteiger partial charge in [0.05, 0.1) is 34.9 Å². The second kappa shape index (κ2) is 28.4. The number of carboxylic acids is 1. The maximum absolute atomic E-state index is 11.0. The number of methoxy groups -OCH3 is 1. The van der Waals surface area contributed by atoms with E-state index in [4.69, 9.17) is 77.7 Å². The Bertz CT molecular complexity index is 2210. The Kier molecular flexibility index (Phi) is 25.5. The fourth-order valence-electron chi connectivity index (χ4n) is 4.39. The first kappa shape index (κ1) is 53.9. The van der Waals surface area contributed by atoms with Crippen LogP contribution in [0.1, 0.15) is 79.1 Å². The second-order valence-corrected chi connectivity index (χ2v) is 15.3. The van der Waals surface area contributed by atoms with E-state index >= 15 is 0 Å². The standard InChI is InChI=1S/C10H10BrClO2.C10H11ClO2.C9H9ClO2.C8H7ClO2.C8H9ClO/c1-7(13)14-6-9-3-2-8(5-11)4-10(9)12;1-7-3-4-9(10(11)5-7)6-13-8(2)12;1-6-3-4-7(8(10)5-6)9(11)12-2;1-5-2-3-6(8(10)11)7(9)4-5;1-6-2-3-7(5-10)8(9)4-6/h2-4H,5-6H2,1H3;3-5H,6H2,1-2H3;3-5H,1-2H3;2-4H,1H3,(H,10,11);2-4,10H,5H2,1H3. The van der Waals surface area contributed by atoms with Gasteiger partial charge in [-0.05, 0) is 104 Å². The summed E-state index contributed by atoms with van der Waals surface area (Å²) in [5, 5.41) is 20.7. The van der Waals surface area contributed by atoms with E-state index in [-0.39, 0.29) is 42.3 Å². The molecule has 15 heteroatoms. The monoisotopic (exact) mass is 984 g/mol. The van der Waals surface area contributed by atoms with Crippen molar-refractivity contribution in [3.63, 3.8) is 0 Å². The molecule has 0 aromatic heterocycles. The number of aliphatic hydroxyl groups excluding tert-OH is 1. The van der Waals surface area contributed by atoms with Gasteiger partial charge in [0, 0.05) is 45.4 Å². The quantitative estimate of drug-likeness (QED) is 0.0884. The van der Waals surface area contributed by atoms with E-state index < -0.39 is 11.9 Å². The van der Waals surface area contributed by atoms with Crippen LogP contribution in [-0.2, 0) is 49.0 Å². The van der Waals surface area contributed by atoms with E-state index in [1.807, 2.05) is 88.4 Å². The zero-order valence-electron chi connectivity index (χ0n) is 34.0. The van der Waals surface area contributed by atoms with Gasteiger partial charge in [0.25, 0.3) is 0 Å². The summed E-state index contributed by atoms with van der Waals surface area (Å²) in [6.07, 6.45) is 0. The number of ether oxygens (including phenoxy) is 3. The van der Waals surface area contributed by atoms with Crippen molar-refractivity contribution in [2.75, 3.05) is 7.11 Å². The van der Waals surface area contributed by atoms with Gasteiger partial charge in [0.1, 0.15) is 13.2 Å². The SMILES string of the molecule is CC(=O)OCc1ccc(C)cc1Cl.CC(=O)OCc1ccc(CBr)cc1Cl.COC(=O)c1ccc(C)cc1Cl.Cc1ccc(C(=O)O)c(Cl)c1.Cc1ccc(CO)c(Cl)c1. The van der Waals surface area contributed by atoms with E-state index in [2.05, 4.69) is 20.7 Å². The molecular weight excluding hydrogens is 942 g/mol. The van der Waals surface area contributed by atoms with Gasteiger partial charge in [-0.1, -0.05) is 122 Å². The highest BCUT2D eigenvalue weighted by Gasteiger charge is 2.10. The number of alkyl halides is 1. The van der Waals surface area contributed by atoms with Crippen molar-refractivity contribution in [2.45, 2.75) is 66.7 Å². The molecular formula is C45H46BrCl5O9. The zero-order valence-corrected chi connectivity index (χ0v) is 39.4. The molecule has 5 aromatic carbocycles. The molecule has 0 bridgehead atoms. The predicted molar refractivity (Wildman–Crippen MR) is 244 cm³/mol. The van der Waals surface area contributed by atoms with Gasteiger partial charge in [0.15, 0.2) is 0 Å². The van der Waals surface area contributed by atoms with Crippen LogP contribution in [0.3, 0.4) is 0 Å². The van der Waals surface area contributed by atoms with Crippen LogP contribution < -0.4 is 0 Å². The van der Waals surface area contributed by atoms with Crippen LogP contribution in [0.5, 0.6) is 0 Å². The third-order valence-corrected chi connectivity index (χ3v) is 9.93. The number of aromatic carboxylic acids is 1. The summed E-state index contributed by atoms with van der Waals surface area (Å²) in [6.45, 7) is 10.9. The molecule has 5 aromatic rings. The van der Waals surface area contributed by atoms with Crippen molar-refractivity contribution >= 4 is 97.8 Å². The molecule has 60 heavy (non-hydrogen) atoms. The molecule has 0 aliphatic heterocycles. The fourth-order valence-corrected chi connectivity index (χ4v) is 6.21. The first-order chi connectivity index (χ1) is 28.2. The van der Waals surface area contributed by atoms with Crippen LogP contribution in [0.4, 0.5) is 0 Å². The molecule has 322 valence electrons. The number of aryl methyl sites for hydroxylation is 4. The van der Waals surface area contributed by atoms with Crippen LogP contribution in [0.2, 0.25) is 25.1 Å². The lowest BCUT2D eigenvalue weighted by molar-refractivity contribution is -0.143. The van der Waals surface area contributed by atoms with Crippen molar-refractivity contribution < 1.29 is 43.6 Å². The maximum atomic E-state index is 11.0. The van der Waals surface area contributed by atoms with Gasteiger partial charge in [-0.15, -0.1) is 0 Å². The summed E-state index contributed by atoms with van der Waals surface area (Å²) < 4.78 is 14.2. The first-order valence-electron chi connectivity index (χ1n) is 17.8. The summed E-state index contributed by atoms with van der Waals surface area (Å²) in [6, 6.07) is 27.0. The lowest BCUT2D eigenvalue weighted by atomic mass is 10.1. The van der Waals surface area contributed by atoms with Crippen LogP contribution in [0.25, 0.3) is 0 Å². The summed E-state index contributed by atoms with van der Waals surface area (Å²) in [5.41, 5.74) is 8.29. The Hall–Kier alpha value is -4.13. The molecule has 2 N–H and O–H groups in total. The molecule has 0 amide bonds. The molecule has 0 fully saturated rings. The van der Waals surface area contributed by atoms with E-state index in [9.17, 15) is 19.2 Å². The number of halogens is 6. The molecule has 0 spiro atoms. The van der Waals surface area contributed by atoms with Crippen LogP contribution in [-0.4, -0.2) is 41.2 Å². The Morgan fingerprint density at radius 1 is 0.550 bits per heavy atom. The largest absolute Gasteiger partial charge is 0.478 e. The molecule has 0 aliphatic rings. The average molecular weight is 988 g/mol. The van der Waals surface area contributed by atoms with Crippen molar-refractivity contribution in [3.8, 4) is 0 Å². The van der Waals surface area contributed by atoms with Crippen molar-refractivity contribution in [3.05, 3.63) is 172 Å². The Labute approximate surface area is 384 Å². The number of hydrogen-bond acceptors (Lipinski definition) is 8. The number of hydrogen-bond donors (Lipinski definition) is 2. The smallest absolute Gasteiger partial charge is 0.339 e. The Morgan fingerprint density at radius 3 is 1.25 bits per heavy atom. The summed E-state index contributed by atoms with van der Waals surface area (Å²) in [7, 11) is 1.33. The van der Waals surface area contributed by atoms with E-state index in [0.717, 1.165) is 49.8 Å². The Morgan fingerprint density at radius 2 is 0.917 bits per heavy atom. The van der Waals surface area contributed by atoms with Crippen molar-refractivity contribution in [1.82, 2.24) is 0 Å². The summed E-state index contributed by atoms with van der Waals surface area (Å²) in [5.74, 6) is -1.99. The van der Waals surface area contributed by atoms with Gasteiger partial charge in [-0.25, -0.2) is 9.59 Å². The number of benzene rings is 5. The lowest BCUT2D eigenvalue weighted by Gasteiger charge is -2.05. The Balaban J connectivity index is 0.000000377. The topological polar surface area (TPSA) is 136 Å². The molecule has 0 atom stereocenters. The normalized spacial score (nSPS) is 9.77. The minimum atomic E-state index is -0.991. The van der Waals surface area contributed by atoms with Crippen LogP contribution in [0, 0.1) is 27.7 Å². The highest BCUT2D eigenvalue weighted by atomic mass is 79.9. The van der Waals surface area contributed by atoms with Gasteiger partial charge in [0.2, 0.25) is 0 Å². The summed E-state index contributed by atoms with van der Waals surface area (Å²) in [4.78, 5) is 42.6. The number of carbonyl (C=O) groups is 4. The summed E-state index contributed by atoms with van der Waals surface area (Å²) >= 11 is 32.5. The number of carboxylic acid groups (broad SMARTS) is 1. The third kappa shape index (κ3) is 20.9. The predicted octanol–water partition coefficient (Wildman–Crippen LogP) is 12.9. The third-order valence-electron chi connectivity index (χ3n) is 7.61. The number of carbonyl (C=O) groups excluding carboxylic acids is 3. The van der Waals surface area contributed by atoms with Gasteiger partial charge < -0.3 is 24.4 Å². The molecule has 0 saturated heterocycles. The average Bonchev–Trinajstić information content (AvgIpc) is 3.17. The highest BCUT2D eigenvalue weighted by molar-refractivity contribution is 9.08. The van der Waals surface area contributed by atoms with Gasteiger partial charge in [-0.2, -0.15) is 0 Å². The molecule has 0 aliphatic carbocycles. The molecule has 0 heterocycles. The minimum Gasteiger partial charge on any atom is -0.478 e. The molecule has 0 radical (unpaired) electrons. The molecule has 5 rings (SSSR count). The van der Waals surface area contributed by atoms with Gasteiger partial charge >= 0.3 is 23.9 Å². The van der Waals surface area contributed by atoms with E-state index in [0.29, 0.717) is 25.7 Å². The van der Waals surface area contributed by atoms with Crippen molar-refractivity contribution in [1.29, 1.82) is 0 Å². The van der Waals surface area contributed by atoms with Crippen LogP contribution in [0.15, 0.2) is 91.0 Å². The molecule has 0 unspecified atom stereocenters. The van der Waals surface area contributed by atoms with Gasteiger partial charge in [-0.3, -0.25) is 9.59 Å². The first-order valence-corrected chi connectivity index (χ1v) is 20.8. The number of esters is 3. The van der Waals surface area contributed by atoms with E-state index in [1.165, 1.54) is 27.0 Å².